The fourth-order valence-electron chi connectivity index (χ4n) is 3.60. The third kappa shape index (κ3) is 3.05. The number of nitrogens with two attached hydrogens (primary N) is 1. The molecule has 0 spiro atoms. The zero-order valence-electron chi connectivity index (χ0n) is 14.8. The molecule has 1 aliphatic heterocycles. The van der Waals surface area contributed by atoms with Crippen LogP contribution in [0.15, 0.2) is 24.3 Å². The van der Waals surface area contributed by atoms with Crippen molar-refractivity contribution in [3.63, 3.8) is 0 Å². The van der Waals surface area contributed by atoms with E-state index in [0.717, 1.165) is 13.0 Å². The molecular formula is C19H20F4N4. The SMILES string of the molecule is C[C@H]1CCN1c1nc(-c2ccc([C@@H](N)C(F)F)cc2)c2c(n1)C(F)(F)CC2. The Morgan fingerprint density at radius 1 is 1.19 bits per heavy atom. The first-order valence-corrected chi connectivity index (χ1v) is 8.98. The highest BCUT2D eigenvalue weighted by Crippen LogP contribution is 2.44. The highest BCUT2D eigenvalue weighted by atomic mass is 19.3. The van der Waals surface area contributed by atoms with Crippen LogP contribution >= 0.6 is 0 Å². The van der Waals surface area contributed by atoms with E-state index in [4.69, 9.17) is 5.73 Å². The molecule has 1 saturated heterocycles. The van der Waals surface area contributed by atoms with Gasteiger partial charge in [0.2, 0.25) is 5.95 Å². The van der Waals surface area contributed by atoms with Crippen LogP contribution in [0.25, 0.3) is 11.3 Å². The molecule has 1 fully saturated rings. The third-order valence-corrected chi connectivity index (χ3v) is 5.45. The van der Waals surface area contributed by atoms with Crippen molar-refractivity contribution in [3.8, 4) is 11.3 Å². The van der Waals surface area contributed by atoms with E-state index in [1.807, 2.05) is 11.8 Å². The van der Waals surface area contributed by atoms with Crippen LogP contribution in [0.5, 0.6) is 0 Å². The summed E-state index contributed by atoms with van der Waals surface area (Å²) in [5.41, 5.74) is 7.04. The first-order valence-electron chi connectivity index (χ1n) is 8.98. The number of hydrogen-bond acceptors (Lipinski definition) is 4. The number of hydrogen-bond donors (Lipinski definition) is 1. The summed E-state index contributed by atoms with van der Waals surface area (Å²) in [7, 11) is 0. The largest absolute Gasteiger partial charge is 0.338 e. The lowest BCUT2D eigenvalue weighted by Crippen LogP contribution is -2.47. The summed E-state index contributed by atoms with van der Waals surface area (Å²) in [6.45, 7) is 2.73. The second kappa shape index (κ2) is 6.44. The minimum absolute atomic E-state index is 0.186. The average Bonchev–Trinajstić information content (AvgIpc) is 2.94. The second-order valence-electron chi connectivity index (χ2n) is 7.22. The van der Waals surface area contributed by atoms with Crippen molar-refractivity contribution in [1.82, 2.24) is 9.97 Å². The summed E-state index contributed by atoms with van der Waals surface area (Å²) < 4.78 is 54.3. The van der Waals surface area contributed by atoms with E-state index < -0.39 is 18.4 Å². The molecule has 0 saturated carbocycles. The number of aromatic nitrogens is 2. The minimum Gasteiger partial charge on any atom is -0.338 e. The quantitative estimate of drug-likeness (QED) is 0.814. The molecule has 0 bridgehead atoms. The van der Waals surface area contributed by atoms with E-state index in [2.05, 4.69) is 9.97 Å². The van der Waals surface area contributed by atoms with Gasteiger partial charge in [0.25, 0.3) is 12.3 Å². The second-order valence-corrected chi connectivity index (χ2v) is 7.22. The summed E-state index contributed by atoms with van der Waals surface area (Å²) in [6, 6.07) is 5.05. The molecule has 0 unspecified atom stereocenters. The molecule has 1 aromatic carbocycles. The lowest BCUT2D eigenvalue weighted by molar-refractivity contribution is -0.00595. The van der Waals surface area contributed by atoms with Gasteiger partial charge in [0.05, 0.1) is 11.7 Å². The number of alkyl halides is 4. The van der Waals surface area contributed by atoms with Crippen LogP contribution < -0.4 is 10.6 Å². The predicted octanol–water partition coefficient (Wildman–Crippen LogP) is 4.05. The molecule has 4 nitrogen and oxygen atoms in total. The van der Waals surface area contributed by atoms with Gasteiger partial charge in [0, 0.05) is 30.1 Å². The number of halogens is 4. The normalized spacial score (nSPS) is 21.9. The first kappa shape index (κ1) is 18.2. The van der Waals surface area contributed by atoms with E-state index >= 15 is 0 Å². The van der Waals surface area contributed by atoms with E-state index in [1.165, 1.54) is 12.1 Å². The van der Waals surface area contributed by atoms with Gasteiger partial charge in [-0.3, -0.25) is 0 Å². The van der Waals surface area contributed by atoms with Crippen LogP contribution in [0.2, 0.25) is 0 Å². The fourth-order valence-corrected chi connectivity index (χ4v) is 3.60. The van der Waals surface area contributed by atoms with Gasteiger partial charge in [-0.1, -0.05) is 24.3 Å². The van der Waals surface area contributed by atoms with Gasteiger partial charge < -0.3 is 10.6 Å². The molecule has 2 atom stereocenters. The Labute approximate surface area is 154 Å². The lowest BCUT2D eigenvalue weighted by atomic mass is 10.0. The maximum absolute atomic E-state index is 14.3. The van der Waals surface area contributed by atoms with E-state index in [-0.39, 0.29) is 24.6 Å². The summed E-state index contributed by atoms with van der Waals surface area (Å²) in [4.78, 5) is 10.6. The molecule has 1 aromatic heterocycles. The molecule has 2 heterocycles. The number of nitrogens with zero attached hydrogens (tertiary/aromatic N) is 3. The Balaban J connectivity index is 1.78. The van der Waals surface area contributed by atoms with Crippen molar-refractivity contribution in [1.29, 1.82) is 0 Å². The van der Waals surface area contributed by atoms with Crippen LogP contribution in [0, 0.1) is 0 Å². The molecule has 2 aliphatic rings. The molecule has 2 aromatic rings. The summed E-state index contributed by atoms with van der Waals surface area (Å²) in [5, 5.41) is 0. The molecule has 144 valence electrons. The van der Waals surface area contributed by atoms with E-state index in [0.29, 0.717) is 28.3 Å². The summed E-state index contributed by atoms with van der Waals surface area (Å²) in [6.07, 6.45) is -1.81. The van der Waals surface area contributed by atoms with Crippen molar-refractivity contribution in [2.24, 2.45) is 5.73 Å². The Kier molecular flexibility index (Phi) is 4.33. The van der Waals surface area contributed by atoms with Crippen molar-refractivity contribution in [2.45, 2.75) is 50.6 Å². The first-order chi connectivity index (χ1) is 12.8. The zero-order valence-corrected chi connectivity index (χ0v) is 14.8. The third-order valence-electron chi connectivity index (χ3n) is 5.45. The highest BCUT2D eigenvalue weighted by Gasteiger charge is 2.44. The van der Waals surface area contributed by atoms with Gasteiger partial charge in [-0.15, -0.1) is 0 Å². The number of rotatable bonds is 4. The highest BCUT2D eigenvalue weighted by molar-refractivity contribution is 5.67. The van der Waals surface area contributed by atoms with Crippen molar-refractivity contribution in [2.75, 3.05) is 11.4 Å². The van der Waals surface area contributed by atoms with E-state index in [9.17, 15) is 17.6 Å². The van der Waals surface area contributed by atoms with Gasteiger partial charge in [-0.05, 0) is 25.3 Å². The zero-order chi connectivity index (χ0) is 19.3. The number of fused-ring (bicyclic) bond motifs is 1. The average molecular weight is 380 g/mol. The van der Waals surface area contributed by atoms with Crippen molar-refractivity contribution in [3.05, 3.63) is 41.1 Å². The lowest BCUT2D eigenvalue weighted by Gasteiger charge is -2.39. The molecule has 0 amide bonds. The molecule has 0 radical (unpaired) electrons. The smallest absolute Gasteiger partial charge is 0.290 e. The van der Waals surface area contributed by atoms with Crippen molar-refractivity contribution < 1.29 is 17.6 Å². The maximum atomic E-state index is 14.3. The van der Waals surface area contributed by atoms with E-state index in [1.54, 1.807) is 12.1 Å². The number of benzene rings is 1. The Morgan fingerprint density at radius 3 is 2.44 bits per heavy atom. The molecule has 8 heteroatoms. The monoisotopic (exact) mass is 380 g/mol. The van der Waals surface area contributed by atoms with Crippen LogP contribution in [0.3, 0.4) is 0 Å². The van der Waals surface area contributed by atoms with Gasteiger partial charge in [0.15, 0.2) is 0 Å². The Morgan fingerprint density at radius 2 is 1.89 bits per heavy atom. The van der Waals surface area contributed by atoms with Gasteiger partial charge in [-0.2, -0.15) is 8.78 Å². The van der Waals surface area contributed by atoms with Gasteiger partial charge >= 0.3 is 0 Å². The maximum Gasteiger partial charge on any atom is 0.290 e. The summed E-state index contributed by atoms with van der Waals surface area (Å²) in [5.74, 6) is -2.68. The molecular weight excluding hydrogens is 360 g/mol. The number of anilines is 1. The topological polar surface area (TPSA) is 55.0 Å². The predicted molar refractivity (Wildman–Crippen MR) is 94.0 cm³/mol. The molecule has 2 N–H and O–H groups in total. The summed E-state index contributed by atoms with van der Waals surface area (Å²) >= 11 is 0. The standard InChI is InChI=1S/C19H20F4N4/c1-10-7-9-27(10)18-25-15(13-6-8-19(22,23)16(13)26-18)12-4-2-11(3-5-12)14(24)17(20)21/h2-5,10,14,17H,6-9,24H2,1H3/t10-,14+/m0/s1. The Hall–Kier alpha value is -2.22. The van der Waals surface area contributed by atoms with Crippen LogP contribution in [0.4, 0.5) is 23.5 Å². The fraction of sp³-hybridized carbons (Fsp3) is 0.474. The van der Waals surface area contributed by atoms with Crippen LogP contribution in [-0.2, 0) is 12.3 Å². The minimum atomic E-state index is -2.98. The molecule has 1 aliphatic carbocycles. The van der Waals surface area contributed by atoms with Crippen LogP contribution in [-0.4, -0.2) is 29.0 Å². The van der Waals surface area contributed by atoms with Gasteiger partial charge in [-0.25, -0.2) is 18.7 Å². The molecule has 4 rings (SSSR count). The molecule has 27 heavy (non-hydrogen) atoms. The Bertz CT molecular complexity index is 854. The van der Waals surface area contributed by atoms with Crippen LogP contribution in [0.1, 0.15) is 42.6 Å². The van der Waals surface area contributed by atoms with Crippen molar-refractivity contribution >= 4 is 5.95 Å². The van der Waals surface area contributed by atoms with Gasteiger partial charge in [0.1, 0.15) is 5.69 Å².